The van der Waals surface area contributed by atoms with Gasteiger partial charge in [-0.3, -0.25) is 14.4 Å². The number of ketones is 1. The third-order valence-electron chi connectivity index (χ3n) is 5.20. The van der Waals surface area contributed by atoms with E-state index in [1.165, 1.54) is 38.3 Å². The molecule has 1 aliphatic rings. The van der Waals surface area contributed by atoms with Gasteiger partial charge in [0.2, 0.25) is 0 Å². The number of anilines is 1. The number of ether oxygens (including phenoxy) is 2. The van der Waals surface area contributed by atoms with E-state index in [0.717, 1.165) is 4.90 Å². The van der Waals surface area contributed by atoms with E-state index >= 15 is 0 Å². The molecular weight excluding hydrogens is 410 g/mol. The van der Waals surface area contributed by atoms with Gasteiger partial charge in [0, 0.05) is 11.1 Å². The largest absolute Gasteiger partial charge is 0.496 e. The molecule has 32 heavy (non-hydrogen) atoms. The number of nitrogens with zero attached hydrogens (tertiary/aromatic N) is 1. The maximum atomic E-state index is 12.6. The van der Waals surface area contributed by atoms with Gasteiger partial charge in [0.25, 0.3) is 11.8 Å². The Morgan fingerprint density at radius 2 is 1.44 bits per heavy atom. The van der Waals surface area contributed by atoms with E-state index in [-0.39, 0.29) is 18.0 Å². The van der Waals surface area contributed by atoms with Crippen LogP contribution in [0.25, 0.3) is 0 Å². The highest BCUT2D eigenvalue weighted by Gasteiger charge is 2.36. The van der Waals surface area contributed by atoms with Crippen molar-refractivity contribution in [3.8, 4) is 5.75 Å². The van der Waals surface area contributed by atoms with Crippen LogP contribution >= 0.6 is 0 Å². The minimum absolute atomic E-state index is 0.0801. The highest BCUT2D eigenvalue weighted by molar-refractivity contribution is 6.34. The first-order valence-corrected chi connectivity index (χ1v) is 9.83. The number of hydrogen-bond acceptors (Lipinski definition) is 6. The molecule has 0 unspecified atom stereocenters. The van der Waals surface area contributed by atoms with Crippen molar-refractivity contribution in [3.63, 3.8) is 0 Å². The van der Waals surface area contributed by atoms with Crippen molar-refractivity contribution < 1.29 is 28.7 Å². The summed E-state index contributed by atoms with van der Waals surface area (Å²) < 4.78 is 10.6. The monoisotopic (exact) mass is 429 g/mol. The van der Waals surface area contributed by atoms with Gasteiger partial charge < -0.3 is 9.47 Å². The normalized spacial score (nSPS) is 12.5. The number of carbonyl (C=O) groups is 4. The van der Waals surface area contributed by atoms with E-state index in [2.05, 4.69) is 0 Å². The Morgan fingerprint density at radius 3 is 2.00 bits per heavy atom. The summed E-state index contributed by atoms with van der Waals surface area (Å²) in [5.41, 5.74) is 2.37. The van der Waals surface area contributed by atoms with E-state index < -0.39 is 17.8 Å². The van der Waals surface area contributed by atoms with Gasteiger partial charge in [-0.05, 0) is 61.5 Å². The molecule has 7 nitrogen and oxygen atoms in total. The number of imide groups is 1. The molecule has 3 aromatic carbocycles. The number of benzene rings is 3. The topological polar surface area (TPSA) is 90.0 Å². The van der Waals surface area contributed by atoms with Gasteiger partial charge in [0.05, 0.1) is 29.5 Å². The summed E-state index contributed by atoms with van der Waals surface area (Å²) in [5, 5.41) is 0. The van der Waals surface area contributed by atoms with Crippen molar-refractivity contribution >= 4 is 29.3 Å². The average Bonchev–Trinajstić information content (AvgIpc) is 3.07. The van der Waals surface area contributed by atoms with Gasteiger partial charge >= 0.3 is 5.97 Å². The molecule has 0 aliphatic carbocycles. The quantitative estimate of drug-likeness (QED) is 0.334. The summed E-state index contributed by atoms with van der Waals surface area (Å²) in [7, 11) is 1.49. The summed E-state index contributed by atoms with van der Waals surface area (Å²) >= 11 is 0. The molecule has 0 radical (unpaired) electrons. The molecule has 0 aromatic heterocycles. The van der Waals surface area contributed by atoms with E-state index in [0.29, 0.717) is 33.7 Å². The molecule has 0 N–H and O–H groups in total. The third-order valence-corrected chi connectivity index (χ3v) is 5.20. The Kier molecular flexibility index (Phi) is 5.55. The Labute approximate surface area is 184 Å². The first kappa shape index (κ1) is 21.0. The number of amides is 2. The predicted octanol–water partition coefficient (Wildman–Crippen LogP) is 4.06. The second-order valence-electron chi connectivity index (χ2n) is 7.20. The minimum Gasteiger partial charge on any atom is -0.496 e. The molecule has 0 saturated heterocycles. The van der Waals surface area contributed by atoms with E-state index in [9.17, 15) is 19.2 Å². The van der Waals surface area contributed by atoms with E-state index in [1.54, 1.807) is 42.5 Å². The highest BCUT2D eigenvalue weighted by atomic mass is 16.5. The van der Waals surface area contributed by atoms with Crippen molar-refractivity contribution in [2.45, 2.75) is 13.5 Å². The lowest BCUT2D eigenvalue weighted by Crippen LogP contribution is -2.29. The van der Waals surface area contributed by atoms with Crippen molar-refractivity contribution in [3.05, 3.63) is 94.5 Å². The standard InChI is InChI=1S/C25H19NO6/c1-15(27)17-9-12-22(31-2)18(13-17)14-32-25(30)16-7-10-19(11-8-16)26-23(28)20-5-3-4-6-21(20)24(26)29/h3-13H,14H2,1-2H3. The van der Waals surface area contributed by atoms with Crippen LogP contribution in [0.2, 0.25) is 0 Å². The SMILES string of the molecule is COc1ccc(C(C)=O)cc1COC(=O)c1ccc(N2C(=O)c3ccccc3C2=O)cc1. The van der Waals surface area contributed by atoms with Gasteiger partial charge in [-0.25, -0.2) is 9.69 Å². The van der Waals surface area contributed by atoms with E-state index in [4.69, 9.17) is 9.47 Å². The molecule has 2 amide bonds. The summed E-state index contributed by atoms with van der Waals surface area (Å²) in [4.78, 5) is 50.4. The second-order valence-corrected chi connectivity index (χ2v) is 7.20. The van der Waals surface area contributed by atoms with Crippen molar-refractivity contribution in [1.82, 2.24) is 0 Å². The van der Waals surface area contributed by atoms with Gasteiger partial charge in [0.15, 0.2) is 5.78 Å². The molecule has 0 spiro atoms. The van der Waals surface area contributed by atoms with Crippen LogP contribution in [0.3, 0.4) is 0 Å². The number of Topliss-reactive ketones (excluding diaryl/α,β-unsaturated/α-hetero) is 1. The number of methoxy groups -OCH3 is 1. The van der Waals surface area contributed by atoms with Crippen molar-refractivity contribution in [1.29, 1.82) is 0 Å². The summed E-state index contributed by atoms with van der Waals surface area (Å²) in [6.07, 6.45) is 0. The minimum atomic E-state index is -0.589. The van der Waals surface area contributed by atoms with Crippen LogP contribution in [-0.2, 0) is 11.3 Å². The zero-order valence-corrected chi connectivity index (χ0v) is 17.5. The molecule has 0 atom stereocenters. The Bertz CT molecular complexity index is 1210. The molecule has 160 valence electrons. The summed E-state index contributed by atoms with van der Waals surface area (Å²) in [6, 6.07) is 17.6. The summed E-state index contributed by atoms with van der Waals surface area (Å²) in [6.45, 7) is 1.37. The van der Waals surface area contributed by atoms with Crippen molar-refractivity contribution in [2.24, 2.45) is 0 Å². The molecular formula is C25H19NO6. The lowest BCUT2D eigenvalue weighted by atomic mass is 10.1. The van der Waals surface area contributed by atoms with E-state index in [1.807, 2.05) is 0 Å². The van der Waals surface area contributed by atoms with Crippen LogP contribution in [0, 0.1) is 0 Å². The molecule has 0 saturated carbocycles. The molecule has 0 bridgehead atoms. The van der Waals surface area contributed by atoms with Crippen LogP contribution in [0.1, 0.15) is 53.9 Å². The number of carbonyl (C=O) groups excluding carboxylic acids is 4. The molecule has 4 rings (SSSR count). The first-order valence-electron chi connectivity index (χ1n) is 9.83. The fourth-order valence-electron chi connectivity index (χ4n) is 3.51. The molecule has 1 heterocycles. The van der Waals surface area contributed by atoms with Crippen LogP contribution in [-0.4, -0.2) is 30.7 Å². The predicted molar refractivity (Wildman–Crippen MR) is 116 cm³/mol. The zero-order valence-electron chi connectivity index (χ0n) is 17.5. The third kappa shape index (κ3) is 3.76. The van der Waals surface area contributed by atoms with Crippen molar-refractivity contribution in [2.75, 3.05) is 12.0 Å². The number of fused-ring (bicyclic) bond motifs is 1. The van der Waals surface area contributed by atoms with Gasteiger partial charge in [0.1, 0.15) is 12.4 Å². The molecule has 3 aromatic rings. The van der Waals surface area contributed by atoms with Crippen LogP contribution in [0.15, 0.2) is 66.7 Å². The number of hydrogen-bond donors (Lipinski definition) is 0. The fraction of sp³-hybridized carbons (Fsp3) is 0.120. The molecule has 7 heteroatoms. The van der Waals surface area contributed by atoms with Gasteiger partial charge in [-0.2, -0.15) is 0 Å². The molecule has 0 fully saturated rings. The first-order chi connectivity index (χ1) is 15.4. The Morgan fingerprint density at radius 1 is 0.844 bits per heavy atom. The maximum Gasteiger partial charge on any atom is 0.338 e. The molecule has 1 aliphatic heterocycles. The Balaban J connectivity index is 1.48. The average molecular weight is 429 g/mol. The number of rotatable bonds is 6. The lowest BCUT2D eigenvalue weighted by molar-refractivity contribution is 0.0470. The highest BCUT2D eigenvalue weighted by Crippen LogP contribution is 2.28. The number of esters is 1. The summed E-state index contributed by atoms with van der Waals surface area (Å²) in [5.74, 6) is -1.00. The van der Waals surface area contributed by atoms with Gasteiger partial charge in [-0.15, -0.1) is 0 Å². The Hall–Kier alpha value is -4.26. The maximum absolute atomic E-state index is 12.6. The van der Waals surface area contributed by atoms with Crippen LogP contribution in [0.5, 0.6) is 5.75 Å². The van der Waals surface area contributed by atoms with Crippen LogP contribution in [0.4, 0.5) is 5.69 Å². The smallest absolute Gasteiger partial charge is 0.338 e. The van der Waals surface area contributed by atoms with Gasteiger partial charge in [-0.1, -0.05) is 12.1 Å². The fourth-order valence-corrected chi connectivity index (χ4v) is 3.51. The lowest BCUT2D eigenvalue weighted by Gasteiger charge is -2.14. The van der Waals surface area contributed by atoms with Crippen LogP contribution < -0.4 is 9.64 Å². The zero-order chi connectivity index (χ0) is 22.8. The second kappa shape index (κ2) is 8.47.